The predicted molar refractivity (Wildman–Crippen MR) is 49.6 cm³/mol. The summed E-state index contributed by atoms with van der Waals surface area (Å²) >= 11 is 0. The number of hydrogen-bond acceptors (Lipinski definition) is 3. The van der Waals surface area contributed by atoms with Crippen molar-refractivity contribution in [2.24, 2.45) is 0 Å². The van der Waals surface area contributed by atoms with Crippen LogP contribution in [-0.4, -0.2) is 19.8 Å². The van der Waals surface area contributed by atoms with Gasteiger partial charge < -0.3 is 14.5 Å². The van der Waals surface area contributed by atoms with Gasteiger partial charge in [-0.05, 0) is 6.07 Å². The van der Waals surface area contributed by atoms with Crippen LogP contribution in [0.15, 0.2) is 16.7 Å². The summed E-state index contributed by atoms with van der Waals surface area (Å²) in [6, 6.07) is 2.35. The molecule has 0 aliphatic carbocycles. The molecule has 0 amide bonds. The first-order valence-corrected chi connectivity index (χ1v) is 4.79. The van der Waals surface area contributed by atoms with Crippen molar-refractivity contribution in [1.29, 1.82) is 0 Å². The molecule has 0 bridgehead atoms. The van der Waals surface area contributed by atoms with Crippen LogP contribution in [0, 0.1) is 0 Å². The van der Waals surface area contributed by atoms with E-state index in [1.807, 2.05) is 6.07 Å². The highest BCUT2D eigenvalue weighted by atomic mass is 16.5. The SMILES string of the molecule is CCc1occc1[C@H]1COCCN1. The van der Waals surface area contributed by atoms with Crippen LogP contribution in [0.25, 0.3) is 0 Å². The van der Waals surface area contributed by atoms with Crippen molar-refractivity contribution in [2.75, 3.05) is 19.8 Å². The van der Waals surface area contributed by atoms with Gasteiger partial charge in [-0.1, -0.05) is 6.92 Å². The largest absolute Gasteiger partial charge is 0.469 e. The van der Waals surface area contributed by atoms with Crippen molar-refractivity contribution >= 4 is 0 Å². The molecule has 1 atom stereocenters. The molecule has 2 rings (SSSR count). The smallest absolute Gasteiger partial charge is 0.108 e. The van der Waals surface area contributed by atoms with Gasteiger partial charge in [-0.3, -0.25) is 0 Å². The standard InChI is InChI=1S/C10H15NO2/c1-2-10-8(3-5-13-10)9-7-12-6-4-11-9/h3,5,9,11H,2,4,6-7H2,1H3/t9-/m1/s1. The van der Waals surface area contributed by atoms with Crippen LogP contribution >= 0.6 is 0 Å². The van der Waals surface area contributed by atoms with Gasteiger partial charge >= 0.3 is 0 Å². The average Bonchev–Trinajstić information content (AvgIpc) is 2.67. The van der Waals surface area contributed by atoms with Crippen molar-refractivity contribution in [3.8, 4) is 0 Å². The Morgan fingerprint density at radius 1 is 1.62 bits per heavy atom. The number of nitrogens with one attached hydrogen (secondary N) is 1. The fourth-order valence-corrected chi connectivity index (χ4v) is 1.71. The van der Waals surface area contributed by atoms with E-state index >= 15 is 0 Å². The van der Waals surface area contributed by atoms with Gasteiger partial charge in [0.2, 0.25) is 0 Å². The third kappa shape index (κ3) is 1.76. The summed E-state index contributed by atoms with van der Waals surface area (Å²) in [5.41, 5.74) is 1.25. The molecular weight excluding hydrogens is 166 g/mol. The molecule has 3 nitrogen and oxygen atoms in total. The molecule has 0 radical (unpaired) electrons. The highest BCUT2D eigenvalue weighted by Crippen LogP contribution is 2.21. The Bertz CT molecular complexity index is 264. The van der Waals surface area contributed by atoms with Crippen molar-refractivity contribution in [1.82, 2.24) is 5.32 Å². The van der Waals surface area contributed by atoms with E-state index in [-0.39, 0.29) is 0 Å². The molecule has 1 saturated heterocycles. The fourth-order valence-electron chi connectivity index (χ4n) is 1.71. The number of ether oxygens (including phenoxy) is 1. The molecular formula is C10H15NO2. The number of aryl methyl sites for hydroxylation is 1. The van der Waals surface area contributed by atoms with Crippen LogP contribution < -0.4 is 5.32 Å². The highest BCUT2D eigenvalue weighted by Gasteiger charge is 2.19. The Labute approximate surface area is 78.1 Å². The summed E-state index contributed by atoms with van der Waals surface area (Å²) in [7, 11) is 0. The van der Waals surface area contributed by atoms with Gasteiger partial charge in [0, 0.05) is 18.5 Å². The molecule has 0 spiro atoms. The summed E-state index contributed by atoms with van der Waals surface area (Å²) in [4.78, 5) is 0. The molecule has 1 aliphatic heterocycles. The van der Waals surface area contributed by atoms with E-state index in [1.54, 1.807) is 6.26 Å². The van der Waals surface area contributed by atoms with E-state index in [9.17, 15) is 0 Å². The zero-order chi connectivity index (χ0) is 9.10. The highest BCUT2D eigenvalue weighted by molar-refractivity contribution is 5.21. The van der Waals surface area contributed by atoms with Crippen LogP contribution in [0.4, 0.5) is 0 Å². The van der Waals surface area contributed by atoms with Gasteiger partial charge in [0.1, 0.15) is 5.76 Å². The Kier molecular flexibility index (Phi) is 2.66. The topological polar surface area (TPSA) is 34.4 Å². The van der Waals surface area contributed by atoms with Gasteiger partial charge in [-0.25, -0.2) is 0 Å². The number of rotatable bonds is 2. The third-order valence-electron chi connectivity index (χ3n) is 2.40. The van der Waals surface area contributed by atoms with E-state index < -0.39 is 0 Å². The molecule has 2 heterocycles. The van der Waals surface area contributed by atoms with Crippen LogP contribution in [-0.2, 0) is 11.2 Å². The Morgan fingerprint density at radius 2 is 2.54 bits per heavy atom. The summed E-state index contributed by atoms with van der Waals surface area (Å²) in [6.07, 6.45) is 2.70. The normalized spacial score (nSPS) is 23.3. The van der Waals surface area contributed by atoms with Gasteiger partial charge in [-0.2, -0.15) is 0 Å². The molecule has 0 aromatic carbocycles. The molecule has 1 aliphatic rings. The van der Waals surface area contributed by atoms with E-state index in [0.717, 1.165) is 31.9 Å². The first-order chi connectivity index (χ1) is 6.42. The zero-order valence-corrected chi connectivity index (χ0v) is 7.88. The van der Waals surface area contributed by atoms with Crippen molar-refractivity contribution in [3.05, 3.63) is 23.7 Å². The Hall–Kier alpha value is -0.800. The minimum Gasteiger partial charge on any atom is -0.469 e. The average molecular weight is 181 g/mol. The van der Waals surface area contributed by atoms with Crippen LogP contribution in [0.2, 0.25) is 0 Å². The molecule has 1 aromatic heterocycles. The van der Waals surface area contributed by atoms with E-state index in [0.29, 0.717) is 6.04 Å². The monoisotopic (exact) mass is 181 g/mol. The summed E-state index contributed by atoms with van der Waals surface area (Å²) in [5, 5.41) is 3.41. The van der Waals surface area contributed by atoms with Crippen LogP contribution in [0.1, 0.15) is 24.3 Å². The number of hydrogen-bond donors (Lipinski definition) is 1. The quantitative estimate of drug-likeness (QED) is 0.750. The molecule has 3 heteroatoms. The van der Waals surface area contributed by atoms with E-state index in [1.165, 1.54) is 5.56 Å². The van der Waals surface area contributed by atoms with Gasteiger partial charge in [0.15, 0.2) is 0 Å². The maximum Gasteiger partial charge on any atom is 0.108 e. The molecule has 0 unspecified atom stereocenters. The van der Waals surface area contributed by atoms with Crippen molar-refractivity contribution in [2.45, 2.75) is 19.4 Å². The predicted octanol–water partition coefficient (Wildman–Crippen LogP) is 1.50. The second kappa shape index (κ2) is 3.94. The maximum absolute atomic E-state index is 5.40. The molecule has 1 aromatic rings. The fraction of sp³-hybridized carbons (Fsp3) is 0.600. The van der Waals surface area contributed by atoms with E-state index in [2.05, 4.69) is 12.2 Å². The maximum atomic E-state index is 5.40. The minimum atomic E-state index is 0.322. The molecule has 1 N–H and O–H groups in total. The Morgan fingerprint density at radius 3 is 3.23 bits per heavy atom. The van der Waals surface area contributed by atoms with Crippen LogP contribution in [0.3, 0.4) is 0 Å². The molecule has 1 fully saturated rings. The molecule has 72 valence electrons. The van der Waals surface area contributed by atoms with Gasteiger partial charge in [0.05, 0.1) is 25.5 Å². The lowest BCUT2D eigenvalue weighted by atomic mass is 10.1. The third-order valence-corrected chi connectivity index (χ3v) is 2.40. The number of morpholine rings is 1. The lowest BCUT2D eigenvalue weighted by Gasteiger charge is -2.23. The first-order valence-electron chi connectivity index (χ1n) is 4.79. The zero-order valence-electron chi connectivity index (χ0n) is 7.88. The van der Waals surface area contributed by atoms with E-state index in [4.69, 9.17) is 9.15 Å². The Balaban J connectivity index is 2.13. The second-order valence-corrected chi connectivity index (χ2v) is 3.23. The summed E-state index contributed by atoms with van der Waals surface area (Å²) < 4.78 is 10.8. The van der Waals surface area contributed by atoms with Gasteiger partial charge in [0.25, 0.3) is 0 Å². The van der Waals surface area contributed by atoms with Crippen LogP contribution in [0.5, 0.6) is 0 Å². The second-order valence-electron chi connectivity index (χ2n) is 3.23. The van der Waals surface area contributed by atoms with Crippen molar-refractivity contribution < 1.29 is 9.15 Å². The summed E-state index contributed by atoms with van der Waals surface area (Å²) in [6.45, 7) is 4.60. The molecule has 0 saturated carbocycles. The number of furan rings is 1. The minimum absolute atomic E-state index is 0.322. The lowest BCUT2D eigenvalue weighted by molar-refractivity contribution is 0.0763. The first kappa shape index (κ1) is 8.78. The molecule has 13 heavy (non-hydrogen) atoms. The lowest BCUT2D eigenvalue weighted by Crippen LogP contribution is -2.34. The summed E-state index contributed by atoms with van der Waals surface area (Å²) in [5.74, 6) is 1.07. The van der Waals surface area contributed by atoms with Crippen molar-refractivity contribution in [3.63, 3.8) is 0 Å². The van der Waals surface area contributed by atoms with Gasteiger partial charge in [-0.15, -0.1) is 0 Å².